The molecule has 0 fully saturated rings. The summed E-state index contributed by atoms with van der Waals surface area (Å²) in [5.74, 6) is -0.921. The SMILES string of the molecule is [2H]NCC(=O)N[C@H](C(=O)OC(C)(C)C)C(C)C. The van der Waals surface area contributed by atoms with Crippen LogP contribution in [-0.4, -0.2) is 30.1 Å². The van der Waals surface area contributed by atoms with Gasteiger partial charge in [0.1, 0.15) is 13.1 Å². The van der Waals surface area contributed by atoms with Gasteiger partial charge < -0.3 is 15.8 Å². The molecule has 0 aliphatic carbocycles. The number of carbonyl (C=O) groups is 2. The van der Waals surface area contributed by atoms with E-state index in [1.54, 1.807) is 20.8 Å². The summed E-state index contributed by atoms with van der Waals surface area (Å²) in [6, 6.07) is -0.685. The van der Waals surface area contributed by atoms with Gasteiger partial charge in [-0.3, -0.25) is 4.79 Å². The molecular weight excluding hydrogens is 208 g/mol. The third-order valence-corrected chi connectivity index (χ3v) is 1.80. The molecule has 0 saturated carbocycles. The highest BCUT2D eigenvalue weighted by Crippen LogP contribution is 2.12. The first-order valence-electron chi connectivity index (χ1n) is 5.84. The van der Waals surface area contributed by atoms with Crippen LogP contribution in [0.5, 0.6) is 0 Å². The summed E-state index contributed by atoms with van der Waals surface area (Å²) < 4.78 is 11.9. The van der Waals surface area contributed by atoms with Crippen LogP contribution >= 0.6 is 0 Å². The van der Waals surface area contributed by atoms with Crippen LogP contribution in [-0.2, 0) is 14.3 Å². The first-order chi connectivity index (χ1) is 7.67. The molecule has 0 bridgehead atoms. The summed E-state index contributed by atoms with van der Waals surface area (Å²) in [7, 11) is 0. The molecule has 94 valence electrons. The molecule has 0 aliphatic heterocycles. The Hall–Kier alpha value is -1.10. The van der Waals surface area contributed by atoms with E-state index in [-0.39, 0.29) is 12.5 Å². The van der Waals surface area contributed by atoms with Crippen molar-refractivity contribution in [2.24, 2.45) is 11.6 Å². The fraction of sp³-hybridized carbons (Fsp3) is 0.818. The number of carbonyl (C=O) groups excluding carboxylic acids is 2. The molecule has 0 rings (SSSR count). The average molecular weight is 231 g/mol. The smallest absolute Gasteiger partial charge is 0.329 e. The van der Waals surface area contributed by atoms with Gasteiger partial charge in [0, 0.05) is 0 Å². The van der Waals surface area contributed by atoms with Gasteiger partial charge in [-0.15, -0.1) is 0 Å². The Labute approximate surface area is 98.2 Å². The van der Waals surface area contributed by atoms with Crippen LogP contribution in [0.1, 0.15) is 34.6 Å². The third-order valence-electron chi connectivity index (χ3n) is 1.80. The molecule has 0 aliphatic rings. The summed E-state index contributed by atoms with van der Waals surface area (Å²) in [6.45, 7) is 8.82. The van der Waals surface area contributed by atoms with Gasteiger partial charge in [-0.25, -0.2) is 4.79 Å². The number of esters is 1. The molecule has 16 heavy (non-hydrogen) atoms. The van der Waals surface area contributed by atoms with E-state index in [1.807, 2.05) is 19.6 Å². The summed E-state index contributed by atoms with van der Waals surface area (Å²) in [5, 5.41) is 2.54. The van der Waals surface area contributed by atoms with Crippen molar-refractivity contribution in [1.29, 1.82) is 0 Å². The van der Waals surface area contributed by atoms with Gasteiger partial charge in [0.15, 0.2) is 0 Å². The highest BCUT2D eigenvalue weighted by molar-refractivity contribution is 5.85. The molecule has 0 aromatic heterocycles. The zero-order valence-corrected chi connectivity index (χ0v) is 10.6. The van der Waals surface area contributed by atoms with Crippen LogP contribution in [0, 0.1) is 5.92 Å². The lowest BCUT2D eigenvalue weighted by molar-refractivity contribution is -0.159. The molecule has 1 atom stereocenters. The Morgan fingerprint density at radius 3 is 2.38 bits per heavy atom. The van der Waals surface area contributed by atoms with E-state index in [4.69, 9.17) is 6.15 Å². The highest BCUT2D eigenvalue weighted by Gasteiger charge is 2.28. The van der Waals surface area contributed by atoms with E-state index in [0.717, 1.165) is 0 Å². The quantitative estimate of drug-likeness (QED) is 0.672. The summed E-state index contributed by atoms with van der Waals surface area (Å²) in [5.41, 5.74) is 1.40. The monoisotopic (exact) mass is 231 g/mol. The van der Waals surface area contributed by atoms with Gasteiger partial charge in [-0.1, -0.05) is 13.8 Å². The second-order valence-electron chi connectivity index (χ2n) is 5.00. The van der Waals surface area contributed by atoms with Crippen LogP contribution < -0.4 is 11.0 Å². The molecule has 1 amide bonds. The largest absolute Gasteiger partial charge is 0.458 e. The molecule has 3 N–H and O–H groups in total. The summed E-state index contributed by atoms with van der Waals surface area (Å²) >= 11 is 0. The van der Waals surface area contributed by atoms with E-state index >= 15 is 0 Å². The summed E-state index contributed by atoms with van der Waals surface area (Å²) in [6.07, 6.45) is 0. The Morgan fingerprint density at radius 2 is 2.00 bits per heavy atom. The van der Waals surface area contributed by atoms with Crippen LogP contribution in [0.4, 0.5) is 0 Å². The van der Waals surface area contributed by atoms with Crippen molar-refractivity contribution in [3.63, 3.8) is 0 Å². The standard InChI is InChI=1S/C11H22N2O3/c1-7(2)9(13-8(14)6-12)10(15)16-11(3,4)5/h7,9H,6,12H2,1-5H3,(H,13,14)/t9-/m0/s1/i/hD. The van der Waals surface area contributed by atoms with E-state index in [1.165, 1.54) is 0 Å². The van der Waals surface area contributed by atoms with Crippen LogP contribution in [0.25, 0.3) is 0 Å². The Kier molecular flexibility index (Phi) is 4.73. The van der Waals surface area contributed by atoms with Gasteiger partial charge in [0.2, 0.25) is 5.91 Å². The number of nitrogens with one attached hydrogen (secondary N) is 1. The minimum atomic E-state index is -0.685. The number of hydrogen-bond donors (Lipinski definition) is 2. The van der Waals surface area contributed by atoms with E-state index < -0.39 is 23.5 Å². The van der Waals surface area contributed by atoms with Crippen molar-refractivity contribution in [2.75, 3.05) is 6.54 Å². The number of nitrogens with two attached hydrogens (primary N) is 1. The van der Waals surface area contributed by atoms with E-state index in [2.05, 4.69) is 5.32 Å². The van der Waals surface area contributed by atoms with Crippen LogP contribution in [0.3, 0.4) is 0 Å². The molecule has 0 saturated heterocycles. The van der Waals surface area contributed by atoms with Crippen LogP contribution in [0.15, 0.2) is 0 Å². The molecule has 0 aromatic carbocycles. The van der Waals surface area contributed by atoms with Crippen LogP contribution in [0.2, 0.25) is 1.41 Å². The lowest BCUT2D eigenvalue weighted by Crippen LogP contribution is -2.48. The maximum Gasteiger partial charge on any atom is 0.329 e. The van der Waals surface area contributed by atoms with Gasteiger partial charge >= 0.3 is 5.97 Å². The normalized spacial score (nSPS) is 14.2. The zero-order chi connectivity index (χ0) is 13.6. The topological polar surface area (TPSA) is 81.4 Å². The molecule has 5 nitrogen and oxygen atoms in total. The molecule has 5 heteroatoms. The highest BCUT2D eigenvalue weighted by atomic mass is 16.6. The number of hydrogen-bond acceptors (Lipinski definition) is 4. The fourth-order valence-electron chi connectivity index (χ4n) is 1.09. The molecule has 0 aromatic rings. The Morgan fingerprint density at radius 1 is 1.44 bits per heavy atom. The van der Waals surface area contributed by atoms with Gasteiger partial charge in [0.25, 0.3) is 0 Å². The molecule has 0 heterocycles. The third kappa shape index (κ3) is 5.70. The molecular formula is C11H22N2O3. The van der Waals surface area contributed by atoms with E-state index in [9.17, 15) is 9.59 Å². The van der Waals surface area contributed by atoms with Crippen molar-refractivity contribution >= 4 is 11.9 Å². The Bertz CT molecular complexity index is 274. The number of rotatable bonds is 5. The summed E-state index contributed by atoms with van der Waals surface area (Å²) in [4.78, 5) is 23.2. The van der Waals surface area contributed by atoms with Crippen molar-refractivity contribution in [2.45, 2.75) is 46.3 Å². The van der Waals surface area contributed by atoms with E-state index in [0.29, 0.717) is 0 Å². The lowest BCUT2D eigenvalue weighted by atomic mass is 10.0. The molecule has 0 spiro atoms. The Balaban J connectivity index is 4.53. The maximum absolute atomic E-state index is 11.8. The van der Waals surface area contributed by atoms with Crippen molar-refractivity contribution in [3.05, 3.63) is 0 Å². The lowest BCUT2D eigenvalue weighted by Gasteiger charge is -2.26. The first kappa shape index (κ1) is 13.0. The zero-order valence-electron chi connectivity index (χ0n) is 11.6. The average Bonchev–Trinajstić information content (AvgIpc) is 2.11. The minimum Gasteiger partial charge on any atom is -0.458 e. The van der Waals surface area contributed by atoms with Gasteiger partial charge in [-0.2, -0.15) is 0 Å². The second-order valence-corrected chi connectivity index (χ2v) is 5.00. The first-order valence-corrected chi connectivity index (χ1v) is 5.34. The van der Waals surface area contributed by atoms with Gasteiger partial charge in [-0.05, 0) is 26.7 Å². The van der Waals surface area contributed by atoms with Crippen molar-refractivity contribution in [3.8, 4) is 0 Å². The number of ether oxygens (including phenoxy) is 1. The number of amides is 1. The molecule has 0 unspecified atom stereocenters. The van der Waals surface area contributed by atoms with Gasteiger partial charge in [0.05, 0.1) is 6.54 Å². The predicted octanol–water partition coefficient (Wildman–Crippen LogP) is 0.428. The second kappa shape index (κ2) is 5.84. The fourth-order valence-corrected chi connectivity index (χ4v) is 1.09. The van der Waals surface area contributed by atoms with Crippen molar-refractivity contribution < 1.29 is 15.7 Å². The predicted molar refractivity (Wildman–Crippen MR) is 61.7 cm³/mol. The van der Waals surface area contributed by atoms with Crippen molar-refractivity contribution in [1.82, 2.24) is 5.32 Å². The molecule has 0 radical (unpaired) electrons. The maximum atomic E-state index is 11.8. The minimum absolute atomic E-state index is 0.0699.